The number of hydrogen-bond donors (Lipinski definition) is 1. The Bertz CT molecular complexity index is 476. The zero-order valence-corrected chi connectivity index (χ0v) is 10.6. The topological polar surface area (TPSA) is 24.9 Å². The second-order valence-corrected chi connectivity index (χ2v) is 5.22. The van der Waals surface area contributed by atoms with Gasteiger partial charge in [0, 0.05) is 21.6 Å². The first-order chi connectivity index (χ1) is 7.70. The molecule has 1 atom stereocenters. The summed E-state index contributed by atoms with van der Waals surface area (Å²) < 4.78 is 0. The van der Waals surface area contributed by atoms with Crippen molar-refractivity contribution in [1.82, 2.24) is 10.3 Å². The van der Waals surface area contributed by atoms with E-state index < -0.39 is 0 Å². The molecule has 0 aliphatic rings. The minimum absolute atomic E-state index is 0.278. The van der Waals surface area contributed by atoms with Crippen molar-refractivity contribution in [2.45, 2.75) is 19.9 Å². The molecular weight excluding hydrogens is 216 g/mol. The molecule has 0 saturated carbocycles. The summed E-state index contributed by atoms with van der Waals surface area (Å²) in [6, 6.07) is 8.84. The monoisotopic (exact) mass is 232 g/mol. The number of hydrogen-bond acceptors (Lipinski definition) is 3. The third-order valence-corrected chi connectivity index (χ3v) is 3.65. The van der Waals surface area contributed by atoms with Crippen molar-refractivity contribution in [3.63, 3.8) is 0 Å². The maximum atomic E-state index is 4.23. The van der Waals surface area contributed by atoms with E-state index in [0.29, 0.717) is 0 Å². The summed E-state index contributed by atoms with van der Waals surface area (Å²) >= 11 is 1.84. The van der Waals surface area contributed by atoms with Crippen LogP contribution in [-0.4, -0.2) is 12.0 Å². The molecule has 0 aliphatic heterocycles. The number of nitrogens with one attached hydrogen (secondary N) is 1. The molecule has 2 heterocycles. The second kappa shape index (κ2) is 4.76. The molecule has 0 aliphatic carbocycles. The standard InChI is InChI=1S/C13H16N2S/c1-9-8-11(6-7-15-9)13(14-3)12-5-4-10(2)16-12/h4-8,13-14H,1-3H3. The van der Waals surface area contributed by atoms with Crippen LogP contribution in [0.3, 0.4) is 0 Å². The summed E-state index contributed by atoms with van der Waals surface area (Å²) in [6.07, 6.45) is 1.87. The van der Waals surface area contributed by atoms with E-state index in [1.165, 1.54) is 15.3 Å². The van der Waals surface area contributed by atoms with E-state index in [9.17, 15) is 0 Å². The van der Waals surface area contributed by atoms with Gasteiger partial charge in [-0.15, -0.1) is 11.3 Å². The van der Waals surface area contributed by atoms with Gasteiger partial charge in [-0.25, -0.2) is 0 Å². The number of rotatable bonds is 3. The lowest BCUT2D eigenvalue weighted by atomic mass is 10.1. The molecule has 0 spiro atoms. The van der Waals surface area contributed by atoms with Crippen LogP contribution in [0.4, 0.5) is 0 Å². The SMILES string of the molecule is CNC(c1ccnc(C)c1)c1ccc(C)s1. The largest absolute Gasteiger partial charge is 0.309 e. The van der Waals surface area contributed by atoms with E-state index in [1.807, 2.05) is 31.5 Å². The summed E-state index contributed by atoms with van der Waals surface area (Å²) in [4.78, 5) is 6.93. The van der Waals surface area contributed by atoms with Crippen LogP contribution in [0, 0.1) is 13.8 Å². The molecule has 0 amide bonds. The lowest BCUT2D eigenvalue weighted by Crippen LogP contribution is -2.16. The minimum atomic E-state index is 0.278. The highest BCUT2D eigenvalue weighted by molar-refractivity contribution is 7.12. The Hall–Kier alpha value is -1.19. The van der Waals surface area contributed by atoms with Crippen LogP contribution in [-0.2, 0) is 0 Å². The highest BCUT2D eigenvalue weighted by Crippen LogP contribution is 2.27. The summed E-state index contributed by atoms with van der Waals surface area (Å²) in [7, 11) is 2.00. The number of nitrogens with zero attached hydrogens (tertiary/aromatic N) is 1. The number of pyridine rings is 1. The molecule has 1 unspecified atom stereocenters. The molecule has 2 aromatic heterocycles. The van der Waals surface area contributed by atoms with Gasteiger partial charge in [0.05, 0.1) is 6.04 Å². The van der Waals surface area contributed by atoms with Gasteiger partial charge in [0.1, 0.15) is 0 Å². The Kier molecular flexibility index (Phi) is 3.36. The van der Waals surface area contributed by atoms with Crippen molar-refractivity contribution in [3.8, 4) is 0 Å². The fourth-order valence-electron chi connectivity index (χ4n) is 1.83. The van der Waals surface area contributed by atoms with Crippen LogP contribution in [0.25, 0.3) is 0 Å². The van der Waals surface area contributed by atoms with E-state index in [2.05, 4.69) is 41.5 Å². The van der Waals surface area contributed by atoms with Crippen LogP contribution in [0.2, 0.25) is 0 Å². The first kappa shape index (κ1) is 11.3. The molecule has 2 rings (SSSR count). The van der Waals surface area contributed by atoms with Crippen LogP contribution in [0.15, 0.2) is 30.5 Å². The third kappa shape index (κ3) is 2.31. The van der Waals surface area contributed by atoms with E-state index in [0.717, 1.165) is 5.69 Å². The molecule has 2 nitrogen and oxygen atoms in total. The summed E-state index contributed by atoms with van der Waals surface area (Å²) in [5, 5.41) is 3.36. The predicted octanol–water partition coefficient (Wildman–Crippen LogP) is 3.07. The van der Waals surface area contributed by atoms with Gasteiger partial charge >= 0.3 is 0 Å². The van der Waals surface area contributed by atoms with Crippen molar-refractivity contribution < 1.29 is 0 Å². The van der Waals surface area contributed by atoms with Crippen molar-refractivity contribution in [1.29, 1.82) is 0 Å². The van der Waals surface area contributed by atoms with Crippen molar-refractivity contribution >= 4 is 11.3 Å². The highest BCUT2D eigenvalue weighted by atomic mass is 32.1. The smallest absolute Gasteiger partial charge is 0.0669 e. The van der Waals surface area contributed by atoms with E-state index in [-0.39, 0.29) is 6.04 Å². The van der Waals surface area contributed by atoms with Crippen molar-refractivity contribution in [2.75, 3.05) is 7.05 Å². The van der Waals surface area contributed by atoms with Crippen molar-refractivity contribution in [3.05, 3.63) is 51.5 Å². The molecule has 1 N–H and O–H groups in total. The Morgan fingerprint density at radius 3 is 2.62 bits per heavy atom. The summed E-state index contributed by atoms with van der Waals surface area (Å²) in [5.41, 5.74) is 2.34. The number of aromatic nitrogens is 1. The average Bonchev–Trinajstić information content (AvgIpc) is 2.66. The molecule has 0 aromatic carbocycles. The van der Waals surface area contributed by atoms with E-state index in [1.54, 1.807) is 0 Å². The van der Waals surface area contributed by atoms with Crippen LogP contribution in [0.5, 0.6) is 0 Å². The lowest BCUT2D eigenvalue weighted by Gasteiger charge is -2.15. The maximum absolute atomic E-state index is 4.23. The van der Waals surface area contributed by atoms with Gasteiger partial charge in [0.15, 0.2) is 0 Å². The van der Waals surface area contributed by atoms with Gasteiger partial charge in [-0.05, 0) is 50.7 Å². The van der Waals surface area contributed by atoms with Crippen LogP contribution in [0.1, 0.15) is 27.1 Å². The normalized spacial score (nSPS) is 12.7. The van der Waals surface area contributed by atoms with E-state index in [4.69, 9.17) is 0 Å². The van der Waals surface area contributed by atoms with Gasteiger partial charge in [-0.3, -0.25) is 4.98 Å². The molecule has 0 bridgehead atoms. The van der Waals surface area contributed by atoms with Gasteiger partial charge < -0.3 is 5.32 Å². The number of thiophene rings is 1. The number of aryl methyl sites for hydroxylation is 2. The molecule has 84 valence electrons. The van der Waals surface area contributed by atoms with Crippen LogP contribution < -0.4 is 5.32 Å². The van der Waals surface area contributed by atoms with Gasteiger partial charge in [0.2, 0.25) is 0 Å². The van der Waals surface area contributed by atoms with Crippen molar-refractivity contribution in [2.24, 2.45) is 0 Å². The Morgan fingerprint density at radius 1 is 1.25 bits per heavy atom. The zero-order chi connectivity index (χ0) is 11.5. The first-order valence-electron chi connectivity index (χ1n) is 5.37. The Balaban J connectivity index is 2.36. The zero-order valence-electron chi connectivity index (χ0n) is 9.82. The minimum Gasteiger partial charge on any atom is -0.309 e. The summed E-state index contributed by atoms with van der Waals surface area (Å²) in [5.74, 6) is 0. The van der Waals surface area contributed by atoms with E-state index >= 15 is 0 Å². The third-order valence-electron chi connectivity index (χ3n) is 2.59. The summed E-state index contributed by atoms with van der Waals surface area (Å²) in [6.45, 7) is 4.16. The second-order valence-electron chi connectivity index (χ2n) is 3.90. The molecule has 0 fully saturated rings. The molecule has 0 radical (unpaired) electrons. The molecule has 0 saturated heterocycles. The predicted molar refractivity (Wildman–Crippen MR) is 68.9 cm³/mol. The highest BCUT2D eigenvalue weighted by Gasteiger charge is 2.13. The molecule has 16 heavy (non-hydrogen) atoms. The fraction of sp³-hybridized carbons (Fsp3) is 0.308. The maximum Gasteiger partial charge on any atom is 0.0669 e. The fourth-order valence-corrected chi connectivity index (χ4v) is 2.84. The first-order valence-corrected chi connectivity index (χ1v) is 6.18. The Labute approximate surface area is 100 Å². The van der Waals surface area contributed by atoms with Gasteiger partial charge in [-0.1, -0.05) is 0 Å². The Morgan fingerprint density at radius 2 is 2.06 bits per heavy atom. The lowest BCUT2D eigenvalue weighted by molar-refractivity contribution is 0.701. The quantitative estimate of drug-likeness (QED) is 0.879. The molecule has 3 heteroatoms. The van der Waals surface area contributed by atoms with Gasteiger partial charge in [-0.2, -0.15) is 0 Å². The van der Waals surface area contributed by atoms with Crippen LogP contribution >= 0.6 is 11.3 Å². The average molecular weight is 232 g/mol. The molecular formula is C13H16N2S. The van der Waals surface area contributed by atoms with Gasteiger partial charge in [0.25, 0.3) is 0 Å². The molecule has 2 aromatic rings.